The molecule has 1 N–H and O–H groups in total. The van der Waals surface area contributed by atoms with Gasteiger partial charge in [-0.2, -0.15) is 5.10 Å². The van der Waals surface area contributed by atoms with E-state index in [0.29, 0.717) is 18.2 Å². The van der Waals surface area contributed by atoms with Gasteiger partial charge in [0.15, 0.2) is 0 Å². The van der Waals surface area contributed by atoms with Gasteiger partial charge in [-0.25, -0.2) is 0 Å². The first-order valence-corrected chi connectivity index (χ1v) is 9.04. The van der Waals surface area contributed by atoms with Crippen molar-refractivity contribution in [3.63, 3.8) is 0 Å². The molecule has 25 heavy (non-hydrogen) atoms. The van der Waals surface area contributed by atoms with Crippen molar-refractivity contribution >= 4 is 5.91 Å². The molecule has 1 aromatic heterocycles. The number of hydrogen-bond donors (Lipinski definition) is 1. The maximum atomic E-state index is 11.9. The second-order valence-electron chi connectivity index (χ2n) is 7.27. The van der Waals surface area contributed by atoms with Crippen LogP contribution in [0.5, 0.6) is 0 Å². The molecule has 0 bridgehead atoms. The normalized spacial score (nSPS) is 17.7. The van der Waals surface area contributed by atoms with Gasteiger partial charge < -0.3 is 9.80 Å². The van der Waals surface area contributed by atoms with Crippen molar-refractivity contribution in [1.29, 1.82) is 0 Å². The average molecular weight is 340 g/mol. The third-order valence-corrected chi connectivity index (χ3v) is 5.20. The minimum absolute atomic E-state index is 0.292. The molecule has 5 nitrogen and oxygen atoms in total. The van der Waals surface area contributed by atoms with Gasteiger partial charge in [0.25, 0.3) is 0 Å². The Kier molecular flexibility index (Phi) is 5.23. The molecule has 1 saturated heterocycles. The molecule has 2 heterocycles. The van der Waals surface area contributed by atoms with E-state index in [1.165, 1.54) is 22.3 Å². The number of carbonyl (C=O) groups is 1. The van der Waals surface area contributed by atoms with E-state index in [2.05, 4.69) is 54.2 Å². The Morgan fingerprint density at radius 3 is 2.80 bits per heavy atom. The Morgan fingerprint density at radius 1 is 1.32 bits per heavy atom. The van der Waals surface area contributed by atoms with E-state index >= 15 is 0 Å². The van der Waals surface area contributed by atoms with Crippen LogP contribution in [0, 0.1) is 19.8 Å². The summed E-state index contributed by atoms with van der Waals surface area (Å²) in [7, 11) is 2.12. The zero-order valence-electron chi connectivity index (χ0n) is 15.7. The molecule has 0 spiro atoms. The number of nitrogens with zero attached hydrogens (tertiary/aromatic N) is 3. The van der Waals surface area contributed by atoms with Gasteiger partial charge >= 0.3 is 0 Å². The lowest BCUT2D eigenvalue weighted by molar-refractivity contribution is -0.127. The number of nitrogens with one attached hydrogen (secondary N) is 1. The molecule has 134 valence electrons. The molecular weight excluding hydrogens is 312 g/mol. The lowest BCUT2D eigenvalue weighted by atomic mass is 10.0. The fourth-order valence-electron chi connectivity index (χ4n) is 3.66. The average Bonchev–Trinajstić information content (AvgIpc) is 3.16. The lowest BCUT2D eigenvalue weighted by Gasteiger charge is -2.21. The van der Waals surface area contributed by atoms with Crippen molar-refractivity contribution < 1.29 is 4.79 Å². The molecule has 0 saturated carbocycles. The molecule has 1 aliphatic heterocycles. The summed E-state index contributed by atoms with van der Waals surface area (Å²) in [5, 5.41) is 7.41. The zero-order chi connectivity index (χ0) is 18.0. The first-order valence-electron chi connectivity index (χ1n) is 9.04. The maximum Gasteiger partial charge on any atom is 0.222 e. The van der Waals surface area contributed by atoms with E-state index in [1.807, 2.05) is 18.0 Å². The molecule has 1 atom stereocenters. The van der Waals surface area contributed by atoms with Gasteiger partial charge in [0.1, 0.15) is 0 Å². The van der Waals surface area contributed by atoms with Crippen LogP contribution < -0.4 is 0 Å². The number of benzene rings is 1. The Morgan fingerprint density at radius 2 is 2.12 bits per heavy atom. The number of carbonyl (C=O) groups excluding carboxylic acids is 1. The van der Waals surface area contributed by atoms with Gasteiger partial charge in [-0.15, -0.1) is 0 Å². The Balaban J connectivity index is 1.67. The van der Waals surface area contributed by atoms with Crippen LogP contribution in [0.1, 0.15) is 30.0 Å². The quantitative estimate of drug-likeness (QED) is 0.879. The Bertz CT molecular complexity index is 752. The molecule has 2 aromatic rings. The van der Waals surface area contributed by atoms with Gasteiger partial charge in [0.05, 0.1) is 11.9 Å². The van der Waals surface area contributed by atoms with Gasteiger partial charge in [-0.1, -0.05) is 12.1 Å². The van der Waals surface area contributed by atoms with Gasteiger partial charge in [-0.3, -0.25) is 9.89 Å². The van der Waals surface area contributed by atoms with Crippen LogP contribution in [0.3, 0.4) is 0 Å². The molecule has 1 fully saturated rings. The molecule has 3 rings (SSSR count). The van der Waals surface area contributed by atoms with Crippen LogP contribution >= 0.6 is 0 Å². The summed E-state index contributed by atoms with van der Waals surface area (Å²) in [5.41, 5.74) is 6.05. The van der Waals surface area contributed by atoms with Crippen molar-refractivity contribution in [2.45, 2.75) is 33.7 Å². The van der Waals surface area contributed by atoms with Crippen molar-refractivity contribution in [3.8, 4) is 11.3 Å². The van der Waals surface area contributed by atoms with E-state index in [9.17, 15) is 4.79 Å². The van der Waals surface area contributed by atoms with E-state index in [4.69, 9.17) is 0 Å². The van der Waals surface area contributed by atoms with Gasteiger partial charge in [-0.05, 0) is 50.9 Å². The van der Waals surface area contributed by atoms with Crippen molar-refractivity contribution in [3.05, 3.63) is 41.1 Å². The number of hydrogen-bond acceptors (Lipinski definition) is 3. The summed E-state index contributed by atoms with van der Waals surface area (Å²) in [5.74, 6) is 0.717. The highest BCUT2D eigenvalue weighted by molar-refractivity contribution is 5.78. The van der Waals surface area contributed by atoms with Crippen molar-refractivity contribution in [1.82, 2.24) is 20.0 Å². The maximum absolute atomic E-state index is 11.9. The SMILES string of the molecule is CCN1CC(CN(C)Cc2cn[nH]c2-c2ccc(C)c(C)c2)CC1=O. The molecular formula is C20H28N4O. The van der Waals surface area contributed by atoms with Crippen LogP contribution in [0.4, 0.5) is 0 Å². The highest BCUT2D eigenvalue weighted by atomic mass is 16.2. The second-order valence-corrected chi connectivity index (χ2v) is 7.27. The van der Waals surface area contributed by atoms with E-state index in [0.717, 1.165) is 31.9 Å². The molecule has 0 radical (unpaired) electrons. The second kappa shape index (κ2) is 7.40. The molecule has 1 amide bonds. The molecule has 1 unspecified atom stereocenters. The first-order chi connectivity index (χ1) is 12.0. The fourth-order valence-corrected chi connectivity index (χ4v) is 3.66. The zero-order valence-corrected chi connectivity index (χ0v) is 15.7. The van der Waals surface area contributed by atoms with Crippen LogP contribution in [-0.2, 0) is 11.3 Å². The van der Waals surface area contributed by atoms with Gasteiger partial charge in [0, 0.05) is 43.7 Å². The predicted octanol–water partition coefficient (Wildman–Crippen LogP) is 2.99. The summed E-state index contributed by atoms with van der Waals surface area (Å²) in [6.45, 7) is 9.77. The standard InChI is InChI=1S/C20H28N4O/c1-5-24-12-16(9-19(24)25)11-23(4)13-18-10-21-22-20(18)17-7-6-14(2)15(3)8-17/h6-8,10,16H,5,9,11-13H2,1-4H3,(H,21,22). The fraction of sp³-hybridized carbons (Fsp3) is 0.500. The minimum Gasteiger partial charge on any atom is -0.343 e. The van der Waals surface area contributed by atoms with Crippen molar-refractivity contribution in [2.24, 2.45) is 5.92 Å². The first kappa shape index (κ1) is 17.7. The van der Waals surface area contributed by atoms with Crippen LogP contribution in [0.2, 0.25) is 0 Å². The van der Waals surface area contributed by atoms with Crippen LogP contribution in [0.25, 0.3) is 11.3 Å². The molecule has 0 aliphatic carbocycles. The Hall–Kier alpha value is -2.14. The number of aromatic nitrogens is 2. The van der Waals surface area contributed by atoms with Crippen LogP contribution in [-0.4, -0.2) is 52.6 Å². The van der Waals surface area contributed by atoms with E-state index in [-0.39, 0.29) is 0 Å². The molecule has 1 aliphatic rings. The predicted molar refractivity (Wildman–Crippen MR) is 100 cm³/mol. The summed E-state index contributed by atoms with van der Waals surface area (Å²) < 4.78 is 0. The van der Waals surface area contributed by atoms with Crippen molar-refractivity contribution in [2.75, 3.05) is 26.7 Å². The largest absolute Gasteiger partial charge is 0.343 e. The molecule has 1 aromatic carbocycles. The number of likely N-dealkylation sites (tertiary alicyclic amines) is 1. The number of aromatic amines is 1. The van der Waals surface area contributed by atoms with E-state index in [1.54, 1.807) is 0 Å². The monoisotopic (exact) mass is 340 g/mol. The third kappa shape index (κ3) is 3.93. The summed E-state index contributed by atoms with van der Waals surface area (Å²) in [6.07, 6.45) is 2.59. The highest BCUT2D eigenvalue weighted by Gasteiger charge is 2.29. The summed E-state index contributed by atoms with van der Waals surface area (Å²) in [6, 6.07) is 6.51. The number of rotatable bonds is 6. The summed E-state index contributed by atoms with van der Waals surface area (Å²) in [4.78, 5) is 16.2. The lowest BCUT2D eigenvalue weighted by Crippen LogP contribution is -2.28. The highest BCUT2D eigenvalue weighted by Crippen LogP contribution is 2.25. The van der Waals surface area contributed by atoms with Gasteiger partial charge in [0.2, 0.25) is 5.91 Å². The smallest absolute Gasteiger partial charge is 0.222 e. The third-order valence-electron chi connectivity index (χ3n) is 5.20. The Labute approximate surface area is 150 Å². The summed E-state index contributed by atoms with van der Waals surface area (Å²) >= 11 is 0. The topological polar surface area (TPSA) is 52.2 Å². The number of amides is 1. The van der Waals surface area contributed by atoms with E-state index < -0.39 is 0 Å². The minimum atomic E-state index is 0.292. The van der Waals surface area contributed by atoms with Crippen LogP contribution in [0.15, 0.2) is 24.4 Å². The number of H-pyrrole nitrogens is 1. The molecule has 5 heteroatoms. The number of aryl methyl sites for hydroxylation is 2.